The molecule has 0 bridgehead atoms. The van der Waals surface area contributed by atoms with Crippen LogP contribution < -0.4 is 15.8 Å². The second-order valence-corrected chi connectivity index (χ2v) is 6.43. The Balaban J connectivity index is 2.89. The van der Waals surface area contributed by atoms with Gasteiger partial charge in [-0.05, 0) is 50.8 Å². The normalized spacial score (nSPS) is 12.9. The fourth-order valence-electron chi connectivity index (χ4n) is 1.94. The summed E-state index contributed by atoms with van der Waals surface area (Å²) in [7, 11) is 0. The van der Waals surface area contributed by atoms with Gasteiger partial charge >= 0.3 is 0 Å². The molecule has 0 radical (unpaired) electrons. The number of carbonyl (C=O) groups excluding carboxylic acids is 2. The summed E-state index contributed by atoms with van der Waals surface area (Å²) in [6, 6.07) is 5.94. The second kappa shape index (κ2) is 6.81. The van der Waals surface area contributed by atoms with E-state index in [1.807, 2.05) is 25.1 Å². The molecule has 5 nitrogen and oxygen atoms in total. The summed E-state index contributed by atoms with van der Waals surface area (Å²) >= 11 is 0. The van der Waals surface area contributed by atoms with Gasteiger partial charge in [-0.3, -0.25) is 9.59 Å². The van der Waals surface area contributed by atoms with Crippen molar-refractivity contribution in [2.45, 2.75) is 59.1 Å². The van der Waals surface area contributed by atoms with Crippen molar-refractivity contribution in [1.29, 1.82) is 0 Å². The molecule has 1 aromatic rings. The van der Waals surface area contributed by atoms with E-state index in [-0.39, 0.29) is 11.8 Å². The van der Waals surface area contributed by atoms with Crippen molar-refractivity contribution < 1.29 is 14.3 Å². The van der Waals surface area contributed by atoms with E-state index in [4.69, 9.17) is 10.5 Å². The maximum atomic E-state index is 12.2. The Morgan fingerprint density at radius 2 is 1.82 bits per heavy atom. The molecule has 0 saturated heterocycles. The van der Waals surface area contributed by atoms with E-state index in [1.54, 1.807) is 20.8 Å². The maximum Gasteiger partial charge on any atom is 0.261 e. The van der Waals surface area contributed by atoms with Gasteiger partial charge in [-0.15, -0.1) is 0 Å². The van der Waals surface area contributed by atoms with E-state index in [1.165, 1.54) is 0 Å². The molecule has 0 unspecified atom stereocenters. The molecule has 0 aromatic heterocycles. The third kappa shape index (κ3) is 4.48. The lowest BCUT2D eigenvalue weighted by Crippen LogP contribution is -2.55. The van der Waals surface area contributed by atoms with E-state index in [2.05, 4.69) is 19.2 Å². The standard InChI is InChI=1S/C17H26N2O3/c1-10(2)13-8-7-11(3)9-14(13)22-12(4)15(20)19-17(5,6)16(18)21/h7-10,12H,1-6H3,(H2,18,21)(H,19,20)/t12-/m1/s1. The smallest absolute Gasteiger partial charge is 0.261 e. The highest BCUT2D eigenvalue weighted by molar-refractivity contribution is 5.91. The van der Waals surface area contributed by atoms with Crippen molar-refractivity contribution in [1.82, 2.24) is 5.32 Å². The predicted octanol–water partition coefficient (Wildman–Crippen LogP) is 2.27. The molecule has 0 heterocycles. The number of aryl methyl sites for hydroxylation is 1. The number of hydrogen-bond acceptors (Lipinski definition) is 3. The summed E-state index contributed by atoms with van der Waals surface area (Å²) in [5.41, 5.74) is 6.25. The van der Waals surface area contributed by atoms with Gasteiger partial charge in [0.05, 0.1) is 0 Å². The lowest BCUT2D eigenvalue weighted by atomic mass is 10.0. The van der Waals surface area contributed by atoms with E-state index in [9.17, 15) is 9.59 Å². The Bertz CT molecular complexity index is 565. The van der Waals surface area contributed by atoms with Gasteiger partial charge in [-0.1, -0.05) is 26.0 Å². The summed E-state index contributed by atoms with van der Waals surface area (Å²) in [5, 5.41) is 2.60. The molecule has 2 amide bonds. The first-order valence-corrected chi connectivity index (χ1v) is 7.43. The zero-order valence-corrected chi connectivity index (χ0v) is 14.2. The molecule has 3 N–H and O–H groups in total. The van der Waals surface area contributed by atoms with Crippen molar-refractivity contribution in [3.8, 4) is 5.75 Å². The summed E-state index contributed by atoms with van der Waals surface area (Å²) < 4.78 is 5.81. The molecule has 1 rings (SSSR count). The molecule has 0 spiro atoms. The van der Waals surface area contributed by atoms with Gasteiger partial charge in [-0.2, -0.15) is 0 Å². The molecule has 22 heavy (non-hydrogen) atoms. The molecule has 1 atom stereocenters. The molecular weight excluding hydrogens is 280 g/mol. The number of carbonyl (C=O) groups is 2. The minimum absolute atomic E-state index is 0.285. The number of ether oxygens (including phenoxy) is 1. The molecule has 5 heteroatoms. The van der Waals surface area contributed by atoms with Crippen LogP contribution in [0.4, 0.5) is 0 Å². The third-order valence-corrected chi connectivity index (χ3v) is 3.52. The zero-order chi connectivity index (χ0) is 17.1. The van der Waals surface area contributed by atoms with Crippen LogP contribution in [-0.4, -0.2) is 23.5 Å². The Kier molecular flexibility index (Phi) is 5.58. The summed E-state index contributed by atoms with van der Waals surface area (Å²) in [4.78, 5) is 23.5. The summed E-state index contributed by atoms with van der Waals surface area (Å²) in [6.07, 6.45) is -0.724. The highest BCUT2D eigenvalue weighted by Crippen LogP contribution is 2.28. The number of benzene rings is 1. The van der Waals surface area contributed by atoms with Crippen LogP contribution in [0, 0.1) is 6.92 Å². The van der Waals surface area contributed by atoms with Gasteiger partial charge in [0.2, 0.25) is 5.91 Å². The van der Waals surface area contributed by atoms with Crippen molar-refractivity contribution in [3.05, 3.63) is 29.3 Å². The van der Waals surface area contributed by atoms with Crippen LogP contribution in [0.15, 0.2) is 18.2 Å². The molecular formula is C17H26N2O3. The number of hydrogen-bond donors (Lipinski definition) is 2. The average molecular weight is 306 g/mol. The fraction of sp³-hybridized carbons (Fsp3) is 0.529. The predicted molar refractivity (Wildman–Crippen MR) is 86.8 cm³/mol. The minimum Gasteiger partial charge on any atom is -0.481 e. The number of rotatable bonds is 6. The van der Waals surface area contributed by atoms with Crippen molar-refractivity contribution >= 4 is 11.8 Å². The van der Waals surface area contributed by atoms with Gasteiger partial charge < -0.3 is 15.8 Å². The van der Waals surface area contributed by atoms with Crippen LogP contribution in [0.2, 0.25) is 0 Å². The van der Waals surface area contributed by atoms with E-state index in [0.717, 1.165) is 11.1 Å². The lowest BCUT2D eigenvalue weighted by molar-refractivity contribution is -0.134. The molecule has 0 aliphatic heterocycles. The third-order valence-electron chi connectivity index (χ3n) is 3.52. The molecule has 0 aliphatic rings. The highest BCUT2D eigenvalue weighted by atomic mass is 16.5. The van der Waals surface area contributed by atoms with E-state index < -0.39 is 17.6 Å². The summed E-state index contributed by atoms with van der Waals surface area (Å²) in [5.74, 6) is 0.00828. The van der Waals surface area contributed by atoms with Crippen LogP contribution in [0.1, 0.15) is 51.7 Å². The monoisotopic (exact) mass is 306 g/mol. The molecule has 1 aromatic carbocycles. The van der Waals surface area contributed by atoms with Gasteiger partial charge in [0.25, 0.3) is 5.91 Å². The Morgan fingerprint density at radius 3 is 2.32 bits per heavy atom. The first-order chi connectivity index (χ1) is 10.0. The van der Waals surface area contributed by atoms with Crippen LogP contribution in [0.25, 0.3) is 0 Å². The van der Waals surface area contributed by atoms with Crippen molar-refractivity contribution in [2.24, 2.45) is 5.73 Å². The largest absolute Gasteiger partial charge is 0.481 e. The SMILES string of the molecule is Cc1ccc(C(C)C)c(O[C@H](C)C(=O)NC(C)(C)C(N)=O)c1. The maximum absolute atomic E-state index is 12.2. The minimum atomic E-state index is -1.11. The van der Waals surface area contributed by atoms with Crippen LogP contribution in [0.3, 0.4) is 0 Å². The Hall–Kier alpha value is -2.04. The van der Waals surface area contributed by atoms with E-state index in [0.29, 0.717) is 5.75 Å². The van der Waals surface area contributed by atoms with Crippen LogP contribution >= 0.6 is 0 Å². The molecule has 0 saturated carbocycles. The summed E-state index contributed by atoms with van der Waals surface area (Å²) in [6.45, 7) is 10.9. The van der Waals surface area contributed by atoms with Crippen LogP contribution in [-0.2, 0) is 9.59 Å². The lowest BCUT2D eigenvalue weighted by Gasteiger charge is -2.25. The van der Waals surface area contributed by atoms with Gasteiger partial charge in [0.1, 0.15) is 11.3 Å². The second-order valence-electron chi connectivity index (χ2n) is 6.43. The molecule has 0 aliphatic carbocycles. The van der Waals surface area contributed by atoms with Gasteiger partial charge in [0.15, 0.2) is 6.10 Å². The van der Waals surface area contributed by atoms with Gasteiger partial charge in [0, 0.05) is 0 Å². The average Bonchev–Trinajstić information content (AvgIpc) is 2.37. The van der Waals surface area contributed by atoms with E-state index >= 15 is 0 Å². The number of nitrogens with one attached hydrogen (secondary N) is 1. The highest BCUT2D eigenvalue weighted by Gasteiger charge is 2.29. The van der Waals surface area contributed by atoms with Gasteiger partial charge in [-0.25, -0.2) is 0 Å². The van der Waals surface area contributed by atoms with Crippen molar-refractivity contribution in [2.75, 3.05) is 0 Å². The number of amides is 2. The molecule has 0 fully saturated rings. The topological polar surface area (TPSA) is 81.4 Å². The van der Waals surface area contributed by atoms with Crippen LogP contribution in [0.5, 0.6) is 5.75 Å². The fourth-order valence-corrected chi connectivity index (χ4v) is 1.94. The molecule has 122 valence electrons. The Morgan fingerprint density at radius 1 is 1.23 bits per heavy atom. The zero-order valence-electron chi connectivity index (χ0n) is 14.2. The first-order valence-electron chi connectivity index (χ1n) is 7.43. The Labute approximate surface area is 132 Å². The number of nitrogens with two attached hydrogens (primary N) is 1. The number of primary amides is 1. The van der Waals surface area contributed by atoms with Crippen molar-refractivity contribution in [3.63, 3.8) is 0 Å². The first kappa shape index (κ1) is 18.0. The quantitative estimate of drug-likeness (QED) is 0.846.